The molecule has 3 atom stereocenters. The maximum atomic E-state index is 13.4. The van der Waals surface area contributed by atoms with Crippen LogP contribution in [0.4, 0.5) is 8.78 Å². The molecule has 1 N–H and O–H groups in total. The molecule has 94 valence electrons. The molecule has 0 radical (unpaired) electrons. The Kier molecular flexibility index (Phi) is 4.21. The van der Waals surface area contributed by atoms with Crippen molar-refractivity contribution in [2.45, 2.75) is 50.9 Å². The van der Waals surface area contributed by atoms with Crippen LogP contribution in [-0.4, -0.2) is 41.9 Å². The van der Waals surface area contributed by atoms with E-state index in [1.54, 1.807) is 6.92 Å². The second-order valence-electron chi connectivity index (χ2n) is 3.85. The minimum atomic E-state index is -3.91. The average molecular weight is 238 g/mol. The van der Waals surface area contributed by atoms with E-state index >= 15 is 0 Å². The van der Waals surface area contributed by atoms with Crippen LogP contribution >= 0.6 is 0 Å². The fourth-order valence-electron chi connectivity index (χ4n) is 1.65. The molecule has 0 aromatic carbocycles. The maximum absolute atomic E-state index is 13.4. The van der Waals surface area contributed by atoms with Gasteiger partial charge in [-0.25, -0.2) is 4.79 Å². The van der Waals surface area contributed by atoms with Crippen LogP contribution in [0, 0.1) is 0 Å². The van der Waals surface area contributed by atoms with E-state index < -0.39 is 24.1 Å². The second-order valence-corrected chi connectivity index (χ2v) is 3.85. The molecule has 1 aliphatic rings. The van der Waals surface area contributed by atoms with E-state index in [4.69, 9.17) is 4.74 Å². The Labute approximate surface area is 92.5 Å². The Hall–Kier alpha value is -0.750. The highest BCUT2D eigenvalue weighted by molar-refractivity contribution is 5.78. The molecule has 1 rings (SSSR count). The van der Waals surface area contributed by atoms with Crippen molar-refractivity contribution in [3.63, 3.8) is 0 Å². The second kappa shape index (κ2) is 5.05. The third-order valence-corrected chi connectivity index (χ3v) is 2.54. The van der Waals surface area contributed by atoms with E-state index in [1.807, 2.05) is 0 Å². The highest BCUT2D eigenvalue weighted by atomic mass is 19.3. The molecule has 0 saturated carbocycles. The highest BCUT2D eigenvalue weighted by Crippen LogP contribution is 2.31. The number of aliphatic hydroxyl groups excluding tert-OH is 1. The predicted molar refractivity (Wildman–Crippen MR) is 51.2 cm³/mol. The number of aliphatic hydroxyl groups is 1. The van der Waals surface area contributed by atoms with Gasteiger partial charge < -0.3 is 14.6 Å². The molecule has 1 aliphatic heterocycles. The molecule has 0 aromatic rings. The lowest BCUT2D eigenvalue weighted by Crippen LogP contribution is -2.49. The van der Waals surface area contributed by atoms with E-state index in [9.17, 15) is 18.7 Å². The quantitative estimate of drug-likeness (QED) is 0.745. The van der Waals surface area contributed by atoms with Gasteiger partial charge in [0, 0.05) is 0 Å². The number of ether oxygens (including phenoxy) is 2. The summed E-state index contributed by atoms with van der Waals surface area (Å²) in [6, 6.07) is 0. The lowest BCUT2D eigenvalue weighted by Gasteiger charge is -2.25. The van der Waals surface area contributed by atoms with Crippen molar-refractivity contribution in [3.05, 3.63) is 0 Å². The van der Waals surface area contributed by atoms with Gasteiger partial charge in [-0.3, -0.25) is 0 Å². The smallest absolute Gasteiger partial charge is 0.379 e. The minimum absolute atomic E-state index is 0.150. The van der Waals surface area contributed by atoms with Crippen molar-refractivity contribution in [1.82, 2.24) is 0 Å². The maximum Gasteiger partial charge on any atom is 0.379 e. The lowest BCUT2D eigenvalue weighted by molar-refractivity contribution is -0.201. The number of carbonyl (C=O) groups is 1. The number of hydrogen-bond acceptors (Lipinski definition) is 4. The zero-order chi connectivity index (χ0) is 12.3. The van der Waals surface area contributed by atoms with Gasteiger partial charge in [-0.15, -0.1) is 0 Å². The standard InChI is InChI=1S/C10H16F2O4/c1-3-15-9(14)10(11,12)8(13)7-5-4-6(2)16-7/h6-8,13H,3-5H2,1-2H3. The zero-order valence-electron chi connectivity index (χ0n) is 9.28. The van der Waals surface area contributed by atoms with Crippen LogP contribution in [-0.2, 0) is 14.3 Å². The number of alkyl halides is 2. The third-order valence-electron chi connectivity index (χ3n) is 2.54. The molecule has 0 aromatic heterocycles. The molecular weight excluding hydrogens is 222 g/mol. The molecule has 0 aliphatic carbocycles. The van der Waals surface area contributed by atoms with Crippen LogP contribution in [0.1, 0.15) is 26.7 Å². The topological polar surface area (TPSA) is 55.8 Å². The van der Waals surface area contributed by atoms with Crippen molar-refractivity contribution in [2.75, 3.05) is 6.61 Å². The Bertz CT molecular complexity index is 257. The van der Waals surface area contributed by atoms with Crippen LogP contribution < -0.4 is 0 Å². The molecule has 1 saturated heterocycles. The molecule has 0 amide bonds. The Balaban J connectivity index is 2.63. The van der Waals surface area contributed by atoms with Gasteiger partial charge in [-0.1, -0.05) is 0 Å². The molecule has 1 fully saturated rings. The molecule has 0 bridgehead atoms. The molecule has 3 unspecified atom stereocenters. The van der Waals surface area contributed by atoms with Crippen LogP contribution in [0.5, 0.6) is 0 Å². The van der Waals surface area contributed by atoms with E-state index in [0.29, 0.717) is 12.8 Å². The van der Waals surface area contributed by atoms with Gasteiger partial charge in [-0.2, -0.15) is 8.78 Å². The summed E-state index contributed by atoms with van der Waals surface area (Å²) in [7, 11) is 0. The first-order valence-corrected chi connectivity index (χ1v) is 5.28. The number of carbonyl (C=O) groups excluding carboxylic acids is 1. The summed E-state index contributed by atoms with van der Waals surface area (Å²) in [6.45, 7) is 3.01. The molecular formula is C10H16F2O4. The van der Waals surface area contributed by atoms with Gasteiger partial charge in [0.15, 0.2) is 6.10 Å². The van der Waals surface area contributed by atoms with Crippen LogP contribution in [0.15, 0.2) is 0 Å². The monoisotopic (exact) mass is 238 g/mol. The fourth-order valence-corrected chi connectivity index (χ4v) is 1.65. The fraction of sp³-hybridized carbons (Fsp3) is 0.900. The van der Waals surface area contributed by atoms with Gasteiger partial charge in [0.25, 0.3) is 0 Å². The number of rotatable bonds is 4. The largest absolute Gasteiger partial charge is 0.461 e. The lowest BCUT2D eigenvalue weighted by atomic mass is 10.0. The molecule has 4 nitrogen and oxygen atoms in total. The van der Waals surface area contributed by atoms with Gasteiger partial charge in [-0.05, 0) is 26.7 Å². The summed E-state index contributed by atoms with van der Waals surface area (Å²) in [4.78, 5) is 11.0. The Morgan fingerprint density at radius 1 is 1.62 bits per heavy atom. The van der Waals surface area contributed by atoms with Crippen molar-refractivity contribution in [1.29, 1.82) is 0 Å². The van der Waals surface area contributed by atoms with E-state index in [1.165, 1.54) is 6.92 Å². The van der Waals surface area contributed by atoms with Gasteiger partial charge >= 0.3 is 11.9 Å². The molecule has 16 heavy (non-hydrogen) atoms. The zero-order valence-corrected chi connectivity index (χ0v) is 9.28. The highest BCUT2D eigenvalue weighted by Gasteiger charge is 2.53. The summed E-state index contributed by atoms with van der Waals surface area (Å²) in [6.07, 6.45) is -2.40. The first-order chi connectivity index (χ1) is 7.39. The van der Waals surface area contributed by atoms with Gasteiger partial charge in [0.2, 0.25) is 0 Å². The van der Waals surface area contributed by atoms with Crippen molar-refractivity contribution < 1.29 is 28.2 Å². The summed E-state index contributed by atoms with van der Waals surface area (Å²) >= 11 is 0. The van der Waals surface area contributed by atoms with Crippen molar-refractivity contribution >= 4 is 5.97 Å². The minimum Gasteiger partial charge on any atom is -0.461 e. The summed E-state index contributed by atoms with van der Waals surface area (Å²) in [5.41, 5.74) is 0. The Morgan fingerprint density at radius 3 is 2.69 bits per heavy atom. The third kappa shape index (κ3) is 2.68. The van der Waals surface area contributed by atoms with E-state index in [2.05, 4.69) is 4.74 Å². The SMILES string of the molecule is CCOC(=O)C(F)(F)C(O)C1CCC(C)O1. The van der Waals surface area contributed by atoms with E-state index in [-0.39, 0.29) is 12.7 Å². The average Bonchev–Trinajstić information content (AvgIpc) is 2.64. The van der Waals surface area contributed by atoms with Crippen molar-refractivity contribution in [3.8, 4) is 0 Å². The summed E-state index contributed by atoms with van der Waals surface area (Å²) in [5, 5.41) is 9.42. The summed E-state index contributed by atoms with van der Waals surface area (Å²) < 4.78 is 36.1. The van der Waals surface area contributed by atoms with Gasteiger partial charge in [0.1, 0.15) is 0 Å². The van der Waals surface area contributed by atoms with Crippen molar-refractivity contribution in [2.24, 2.45) is 0 Å². The molecule has 6 heteroatoms. The molecule has 1 heterocycles. The predicted octanol–water partition coefficient (Wildman–Crippen LogP) is 1.11. The molecule has 0 spiro atoms. The van der Waals surface area contributed by atoms with Crippen LogP contribution in [0.2, 0.25) is 0 Å². The first kappa shape index (κ1) is 13.3. The normalized spacial score (nSPS) is 27.8. The van der Waals surface area contributed by atoms with Crippen LogP contribution in [0.3, 0.4) is 0 Å². The first-order valence-electron chi connectivity index (χ1n) is 5.28. The number of esters is 1. The Morgan fingerprint density at radius 2 is 2.25 bits per heavy atom. The number of hydrogen-bond donors (Lipinski definition) is 1. The van der Waals surface area contributed by atoms with E-state index in [0.717, 1.165) is 0 Å². The number of halogens is 2. The summed E-state index contributed by atoms with van der Waals surface area (Å²) in [5.74, 6) is -5.62. The van der Waals surface area contributed by atoms with Gasteiger partial charge in [0.05, 0.1) is 18.8 Å². The van der Waals surface area contributed by atoms with Crippen LogP contribution in [0.25, 0.3) is 0 Å².